The lowest BCUT2D eigenvalue weighted by molar-refractivity contribution is -0.136. The predicted octanol–water partition coefficient (Wildman–Crippen LogP) is 0.986. The van der Waals surface area contributed by atoms with Crippen molar-refractivity contribution in [2.24, 2.45) is 0 Å². The minimum Gasteiger partial charge on any atom is -0.437 e. The maximum absolute atomic E-state index is 10.6. The third-order valence-electron chi connectivity index (χ3n) is 0.633. The van der Waals surface area contributed by atoms with Crippen LogP contribution < -0.4 is 0 Å². The Labute approximate surface area is 73.2 Å². The molecule has 0 aliphatic rings. The largest absolute Gasteiger partial charge is 0.515 e. The smallest absolute Gasteiger partial charge is 0.437 e. The number of hydrogen-bond acceptors (Lipinski definition) is 6. The highest BCUT2D eigenvalue weighted by molar-refractivity contribution is 8.21. The summed E-state index contributed by atoms with van der Waals surface area (Å²) in [6.45, 7) is 0. The zero-order chi connectivity index (χ0) is 8.69. The number of carbonyl (C=O) groups excluding carboxylic acids is 2. The van der Waals surface area contributed by atoms with Crippen molar-refractivity contribution in [3.63, 3.8) is 0 Å². The van der Waals surface area contributed by atoms with Gasteiger partial charge in [0.05, 0.1) is 12.9 Å². The zero-order valence-corrected chi connectivity index (χ0v) is 7.37. The number of thiocarbonyl (C=S) groups is 1. The van der Waals surface area contributed by atoms with Gasteiger partial charge in [-0.2, -0.15) is 0 Å². The second kappa shape index (κ2) is 6.11. The lowest BCUT2D eigenvalue weighted by atomic mass is 10.8. The van der Waals surface area contributed by atoms with E-state index >= 15 is 0 Å². The molecule has 0 spiro atoms. The summed E-state index contributed by atoms with van der Waals surface area (Å²) < 4.78 is 9.51. The highest BCUT2D eigenvalue weighted by Crippen LogP contribution is 1.96. The number of methoxy groups -OCH3 is 1. The fourth-order valence-electron chi connectivity index (χ4n) is 0.266. The molecule has 0 saturated carbocycles. The number of hydrogen-bond donors (Lipinski definition) is 0. The lowest BCUT2D eigenvalue weighted by Crippen LogP contribution is -2.13. The molecule has 0 unspecified atom stereocenters. The third kappa shape index (κ3) is 5.81. The van der Waals surface area contributed by atoms with Crippen molar-refractivity contribution in [2.75, 3.05) is 12.9 Å². The molecule has 0 aromatic rings. The number of rotatable bonds is 3. The molecule has 0 heterocycles. The van der Waals surface area contributed by atoms with Crippen molar-refractivity contribution in [1.82, 2.24) is 0 Å². The number of ether oxygens (including phenoxy) is 2. The molecule has 6 heteroatoms. The van der Waals surface area contributed by atoms with E-state index in [0.29, 0.717) is 0 Å². The quantitative estimate of drug-likeness (QED) is 0.379. The first-order valence-electron chi connectivity index (χ1n) is 2.54. The molecule has 0 fully saturated rings. The first kappa shape index (κ1) is 10.4. The van der Waals surface area contributed by atoms with E-state index in [1.54, 1.807) is 0 Å². The van der Waals surface area contributed by atoms with Crippen LogP contribution in [0.15, 0.2) is 0 Å². The minimum atomic E-state index is -1.00. The first-order valence-corrected chi connectivity index (χ1v) is 4.06. The zero-order valence-electron chi connectivity index (χ0n) is 5.73. The van der Waals surface area contributed by atoms with Crippen LogP contribution in [0.2, 0.25) is 0 Å². The summed E-state index contributed by atoms with van der Waals surface area (Å²) >= 11 is 5.50. The van der Waals surface area contributed by atoms with E-state index in [9.17, 15) is 9.59 Å². The Morgan fingerprint density at radius 2 is 2.27 bits per heavy atom. The highest BCUT2D eigenvalue weighted by atomic mass is 32.2. The molecule has 0 rings (SSSR count). The minimum absolute atomic E-state index is 0.0264. The van der Waals surface area contributed by atoms with Crippen LogP contribution in [0, 0.1) is 0 Å². The van der Waals surface area contributed by atoms with E-state index < -0.39 is 12.1 Å². The molecule has 0 atom stereocenters. The Morgan fingerprint density at radius 1 is 1.64 bits per heavy atom. The maximum Gasteiger partial charge on any atom is 0.515 e. The second-order valence-corrected chi connectivity index (χ2v) is 2.73. The van der Waals surface area contributed by atoms with Gasteiger partial charge in [-0.1, -0.05) is 12.2 Å². The van der Waals surface area contributed by atoms with Gasteiger partial charge in [-0.15, -0.1) is 11.8 Å². The van der Waals surface area contributed by atoms with E-state index in [0.717, 1.165) is 18.9 Å². The topological polar surface area (TPSA) is 52.6 Å². The average molecular weight is 194 g/mol. The van der Waals surface area contributed by atoms with Gasteiger partial charge < -0.3 is 9.47 Å². The van der Waals surface area contributed by atoms with E-state index in [1.807, 2.05) is 0 Å². The molecule has 0 aliphatic carbocycles. The molecule has 0 aromatic heterocycles. The van der Waals surface area contributed by atoms with Crippen LogP contribution in [-0.2, 0) is 14.3 Å². The van der Waals surface area contributed by atoms with E-state index in [-0.39, 0.29) is 5.75 Å². The van der Waals surface area contributed by atoms with Gasteiger partial charge in [0.1, 0.15) is 0 Å². The summed E-state index contributed by atoms with van der Waals surface area (Å²) in [6, 6.07) is 0. The van der Waals surface area contributed by atoms with Crippen LogP contribution in [0.1, 0.15) is 0 Å². The Hall–Kier alpha value is -0.620. The second-order valence-electron chi connectivity index (χ2n) is 1.34. The van der Waals surface area contributed by atoms with Crippen LogP contribution in [0.4, 0.5) is 4.79 Å². The van der Waals surface area contributed by atoms with Gasteiger partial charge in [0.15, 0.2) is 0 Å². The molecular weight excluding hydrogens is 188 g/mol. The third-order valence-corrected chi connectivity index (χ3v) is 1.58. The average Bonchev–Trinajstić information content (AvgIpc) is 2.00. The predicted molar refractivity (Wildman–Crippen MR) is 44.6 cm³/mol. The van der Waals surface area contributed by atoms with Crippen LogP contribution in [0.3, 0.4) is 0 Å². The first-order chi connectivity index (χ1) is 5.20. The molecule has 4 nitrogen and oxygen atoms in total. The summed E-state index contributed by atoms with van der Waals surface area (Å²) in [7, 11) is 1.13. The van der Waals surface area contributed by atoms with Gasteiger partial charge in [-0.05, 0) is 0 Å². The molecule has 0 bridgehead atoms. The van der Waals surface area contributed by atoms with Gasteiger partial charge in [-0.25, -0.2) is 4.79 Å². The van der Waals surface area contributed by atoms with Gasteiger partial charge in [0.25, 0.3) is 0 Å². The van der Waals surface area contributed by atoms with Gasteiger partial charge in [-0.3, -0.25) is 4.79 Å². The van der Waals surface area contributed by atoms with Crippen molar-refractivity contribution in [3.8, 4) is 0 Å². The highest BCUT2D eigenvalue weighted by Gasteiger charge is 2.08. The normalized spacial score (nSPS) is 8.45. The molecule has 0 aromatic carbocycles. The standard InChI is InChI=1S/C5H6O4S2/c1-8-5(7)9-4(6)2-11-3-10/h3H,2H2,1H3. The molecule has 62 valence electrons. The van der Waals surface area contributed by atoms with Crippen molar-refractivity contribution in [2.45, 2.75) is 0 Å². The van der Waals surface area contributed by atoms with Gasteiger partial charge in [0, 0.05) is 4.70 Å². The van der Waals surface area contributed by atoms with Gasteiger partial charge >= 0.3 is 12.1 Å². The molecule has 0 aliphatic heterocycles. The van der Waals surface area contributed by atoms with Crippen LogP contribution in [-0.4, -0.2) is 29.7 Å². The number of thioether (sulfide) groups is 1. The summed E-state index contributed by atoms with van der Waals surface area (Å²) in [6.07, 6.45) is -1.00. The number of carbonyl (C=O) groups is 2. The van der Waals surface area contributed by atoms with E-state index in [2.05, 4.69) is 21.7 Å². The van der Waals surface area contributed by atoms with Crippen LogP contribution >= 0.6 is 24.0 Å². The van der Waals surface area contributed by atoms with E-state index in [1.165, 1.54) is 4.70 Å². The Balaban J connectivity index is 3.51. The molecule has 0 amide bonds. The Kier molecular flexibility index (Phi) is 5.77. The maximum atomic E-state index is 10.6. The molecule has 0 radical (unpaired) electrons. The van der Waals surface area contributed by atoms with Crippen molar-refractivity contribution < 1.29 is 19.1 Å². The molecule has 11 heavy (non-hydrogen) atoms. The van der Waals surface area contributed by atoms with Gasteiger partial charge in [0.2, 0.25) is 0 Å². The van der Waals surface area contributed by atoms with Crippen LogP contribution in [0.5, 0.6) is 0 Å². The fourth-order valence-corrected chi connectivity index (χ4v) is 0.733. The SMILES string of the molecule is COC(=O)OC(=O)CSC=S. The van der Waals surface area contributed by atoms with Crippen molar-refractivity contribution in [3.05, 3.63) is 0 Å². The summed E-state index contributed by atoms with van der Waals surface area (Å²) in [4.78, 5) is 20.8. The van der Waals surface area contributed by atoms with Crippen molar-refractivity contribution in [1.29, 1.82) is 0 Å². The number of esters is 1. The van der Waals surface area contributed by atoms with E-state index in [4.69, 9.17) is 0 Å². The summed E-state index contributed by atoms with van der Waals surface area (Å²) in [5.41, 5.74) is 0. The fraction of sp³-hybridized carbons (Fsp3) is 0.400. The molecule has 0 saturated heterocycles. The van der Waals surface area contributed by atoms with Crippen molar-refractivity contribution >= 4 is 40.8 Å². The Morgan fingerprint density at radius 3 is 2.73 bits per heavy atom. The molecular formula is C5H6O4S2. The Bertz CT molecular complexity index is 168. The molecule has 0 N–H and O–H groups in total. The van der Waals surface area contributed by atoms with Crippen LogP contribution in [0.25, 0.3) is 0 Å². The monoisotopic (exact) mass is 194 g/mol. The lowest BCUT2D eigenvalue weighted by Gasteiger charge is -1.97. The summed E-state index contributed by atoms with van der Waals surface area (Å²) in [5, 5.41) is 0. The summed E-state index contributed by atoms with van der Waals surface area (Å²) in [5.74, 6) is -0.638.